The fourth-order valence-electron chi connectivity index (χ4n) is 5.57. The lowest BCUT2D eigenvalue weighted by atomic mass is 9.96. The summed E-state index contributed by atoms with van der Waals surface area (Å²) in [6.07, 6.45) is 0.563. The SMILES string of the molecule is CN([C@@H](Cc1ccccc1)C(=O)O)S(=O)(=O)c1ccc(-c2ccc(-c3c(Cc4ccccc4)oc4ccccc34)cc2)cc1F. The minimum absolute atomic E-state index is 0.0586. The van der Waals surface area contributed by atoms with Crippen molar-refractivity contribution in [2.24, 2.45) is 0 Å². The zero-order chi connectivity index (χ0) is 31.6. The number of hydrogen-bond donors (Lipinski definition) is 1. The van der Waals surface area contributed by atoms with Gasteiger partial charge in [-0.15, -0.1) is 0 Å². The molecule has 0 amide bonds. The number of nitrogens with zero attached hydrogens (tertiary/aromatic N) is 1. The highest BCUT2D eigenvalue weighted by atomic mass is 32.2. The van der Waals surface area contributed by atoms with Gasteiger partial charge in [-0.2, -0.15) is 4.31 Å². The number of hydrogen-bond acceptors (Lipinski definition) is 4. The van der Waals surface area contributed by atoms with E-state index in [4.69, 9.17) is 4.42 Å². The van der Waals surface area contributed by atoms with Crippen molar-refractivity contribution in [1.29, 1.82) is 0 Å². The quantitative estimate of drug-likeness (QED) is 0.169. The summed E-state index contributed by atoms with van der Waals surface area (Å²) in [6, 6.07) is 36.7. The van der Waals surface area contributed by atoms with E-state index in [1.807, 2.05) is 66.7 Å². The highest BCUT2D eigenvalue weighted by Crippen LogP contribution is 2.37. The Bertz CT molecular complexity index is 2080. The van der Waals surface area contributed by atoms with Crippen LogP contribution in [-0.4, -0.2) is 36.9 Å². The standard InChI is InChI=1S/C37H30FNO5S/c1-39(32(37(40)41)22-25-10-4-2-5-11-25)45(42,43)35-21-20-29(24-31(35)38)27-16-18-28(19-17-27)36-30-14-8-9-15-33(30)44-34(36)23-26-12-6-3-7-13-26/h2-21,24,32H,22-23H2,1H3,(H,40,41)/t32-/m0/s1. The summed E-state index contributed by atoms with van der Waals surface area (Å²) in [5.41, 5.74) is 5.68. The van der Waals surface area contributed by atoms with E-state index >= 15 is 4.39 Å². The molecule has 6 nitrogen and oxygen atoms in total. The number of rotatable bonds is 10. The molecule has 0 aliphatic carbocycles. The highest BCUT2D eigenvalue weighted by Gasteiger charge is 2.34. The van der Waals surface area contributed by atoms with Crippen molar-refractivity contribution >= 4 is 27.0 Å². The zero-order valence-electron chi connectivity index (χ0n) is 24.4. The predicted octanol–water partition coefficient (Wildman–Crippen LogP) is 7.81. The van der Waals surface area contributed by atoms with Crippen LogP contribution in [0.3, 0.4) is 0 Å². The average molecular weight is 620 g/mol. The first-order valence-electron chi connectivity index (χ1n) is 14.4. The van der Waals surface area contributed by atoms with Crippen LogP contribution in [0.1, 0.15) is 16.9 Å². The fraction of sp³-hybridized carbons (Fsp3) is 0.108. The van der Waals surface area contributed by atoms with Crippen LogP contribution in [0, 0.1) is 5.82 Å². The van der Waals surface area contributed by atoms with Crippen LogP contribution in [0.15, 0.2) is 137 Å². The van der Waals surface area contributed by atoms with Crippen molar-refractivity contribution in [2.45, 2.75) is 23.8 Å². The van der Waals surface area contributed by atoms with Gasteiger partial charge in [-0.1, -0.05) is 109 Å². The van der Waals surface area contributed by atoms with E-state index in [0.717, 1.165) is 50.8 Å². The van der Waals surface area contributed by atoms with E-state index in [9.17, 15) is 18.3 Å². The van der Waals surface area contributed by atoms with Gasteiger partial charge in [0.05, 0.1) is 0 Å². The molecule has 226 valence electrons. The molecule has 1 atom stereocenters. The minimum Gasteiger partial charge on any atom is -0.480 e. The van der Waals surface area contributed by atoms with Gasteiger partial charge in [0, 0.05) is 24.4 Å². The lowest BCUT2D eigenvalue weighted by Crippen LogP contribution is -2.44. The van der Waals surface area contributed by atoms with Gasteiger partial charge in [-0.25, -0.2) is 12.8 Å². The van der Waals surface area contributed by atoms with Gasteiger partial charge >= 0.3 is 5.97 Å². The largest absolute Gasteiger partial charge is 0.480 e. The second-order valence-electron chi connectivity index (χ2n) is 10.8. The molecule has 8 heteroatoms. The third-order valence-corrected chi connectivity index (χ3v) is 9.87. The molecule has 45 heavy (non-hydrogen) atoms. The Morgan fingerprint density at radius 1 is 0.778 bits per heavy atom. The van der Waals surface area contributed by atoms with Gasteiger partial charge in [-0.05, 0) is 52.4 Å². The van der Waals surface area contributed by atoms with E-state index in [0.29, 0.717) is 23.1 Å². The molecule has 0 radical (unpaired) electrons. The number of fused-ring (bicyclic) bond motifs is 1. The normalized spacial score (nSPS) is 12.4. The first-order valence-corrected chi connectivity index (χ1v) is 15.9. The fourth-order valence-corrected chi connectivity index (χ4v) is 6.92. The molecular weight excluding hydrogens is 589 g/mol. The molecule has 1 N–H and O–H groups in total. The van der Waals surface area contributed by atoms with Gasteiger partial charge in [0.25, 0.3) is 0 Å². The Morgan fingerprint density at radius 3 is 2.00 bits per heavy atom. The van der Waals surface area contributed by atoms with Crippen LogP contribution in [0.4, 0.5) is 4.39 Å². The smallest absolute Gasteiger partial charge is 0.322 e. The molecule has 0 aliphatic heterocycles. The summed E-state index contributed by atoms with van der Waals surface area (Å²) in [5.74, 6) is -1.44. The predicted molar refractivity (Wildman–Crippen MR) is 173 cm³/mol. The second kappa shape index (κ2) is 12.5. The van der Waals surface area contributed by atoms with Gasteiger partial charge in [0.1, 0.15) is 28.1 Å². The summed E-state index contributed by atoms with van der Waals surface area (Å²) in [5, 5.41) is 10.8. The molecule has 0 unspecified atom stereocenters. The highest BCUT2D eigenvalue weighted by molar-refractivity contribution is 7.89. The first kappa shape index (κ1) is 30.0. The van der Waals surface area contributed by atoms with E-state index in [1.165, 1.54) is 12.1 Å². The molecule has 6 aromatic rings. The van der Waals surface area contributed by atoms with Crippen LogP contribution in [0.25, 0.3) is 33.2 Å². The van der Waals surface area contributed by atoms with Crippen LogP contribution in [-0.2, 0) is 27.7 Å². The minimum atomic E-state index is -4.45. The summed E-state index contributed by atoms with van der Waals surface area (Å²) >= 11 is 0. The van der Waals surface area contributed by atoms with E-state index in [1.54, 1.807) is 30.3 Å². The molecule has 0 saturated carbocycles. The molecule has 1 aromatic heterocycles. The molecule has 5 aromatic carbocycles. The lowest BCUT2D eigenvalue weighted by Gasteiger charge is -2.24. The molecule has 1 heterocycles. The van der Waals surface area contributed by atoms with E-state index < -0.39 is 32.7 Å². The molecular formula is C37H30FNO5S. The van der Waals surface area contributed by atoms with Crippen molar-refractivity contribution in [3.8, 4) is 22.3 Å². The number of para-hydroxylation sites is 1. The Labute approximate surface area is 261 Å². The van der Waals surface area contributed by atoms with Gasteiger partial charge in [0.2, 0.25) is 10.0 Å². The van der Waals surface area contributed by atoms with E-state index in [-0.39, 0.29) is 6.42 Å². The molecule has 0 saturated heterocycles. The number of benzene rings is 5. The Morgan fingerprint density at radius 2 is 1.36 bits per heavy atom. The van der Waals surface area contributed by atoms with Crippen LogP contribution in [0.5, 0.6) is 0 Å². The first-order chi connectivity index (χ1) is 21.7. The van der Waals surface area contributed by atoms with Crippen molar-refractivity contribution in [3.05, 3.63) is 150 Å². The maximum atomic E-state index is 15.5. The summed E-state index contributed by atoms with van der Waals surface area (Å²) < 4.78 is 49.2. The van der Waals surface area contributed by atoms with Crippen molar-refractivity contribution in [3.63, 3.8) is 0 Å². The van der Waals surface area contributed by atoms with Gasteiger partial charge < -0.3 is 9.52 Å². The third kappa shape index (κ3) is 6.16. The number of carbonyl (C=O) groups is 1. The van der Waals surface area contributed by atoms with E-state index in [2.05, 4.69) is 12.1 Å². The van der Waals surface area contributed by atoms with Crippen LogP contribution in [0.2, 0.25) is 0 Å². The maximum absolute atomic E-state index is 15.5. The number of furan rings is 1. The monoisotopic (exact) mass is 619 g/mol. The number of aliphatic carboxylic acids is 1. The molecule has 6 rings (SSSR count). The Hall–Kier alpha value is -5.05. The summed E-state index contributed by atoms with van der Waals surface area (Å²) in [7, 11) is -3.29. The van der Waals surface area contributed by atoms with Crippen molar-refractivity contribution in [1.82, 2.24) is 4.31 Å². The molecule has 0 spiro atoms. The topological polar surface area (TPSA) is 87.8 Å². The molecule has 0 aliphatic rings. The number of carboxylic acid groups (broad SMARTS) is 1. The zero-order valence-corrected chi connectivity index (χ0v) is 25.2. The van der Waals surface area contributed by atoms with Crippen LogP contribution < -0.4 is 0 Å². The van der Waals surface area contributed by atoms with Crippen molar-refractivity contribution in [2.75, 3.05) is 7.05 Å². The summed E-state index contributed by atoms with van der Waals surface area (Å²) in [6.45, 7) is 0. The van der Waals surface area contributed by atoms with Gasteiger partial charge in [-0.3, -0.25) is 4.79 Å². The summed E-state index contributed by atoms with van der Waals surface area (Å²) in [4.78, 5) is 11.5. The van der Waals surface area contributed by atoms with Gasteiger partial charge in [0.15, 0.2) is 0 Å². The number of likely N-dealkylation sites (N-methyl/N-ethyl adjacent to an activating group) is 1. The Kier molecular flexibility index (Phi) is 8.34. The Balaban J connectivity index is 1.28. The lowest BCUT2D eigenvalue weighted by molar-refractivity contribution is -0.141. The maximum Gasteiger partial charge on any atom is 0.322 e. The molecule has 0 fully saturated rings. The van der Waals surface area contributed by atoms with Crippen LogP contribution >= 0.6 is 0 Å². The number of halogens is 1. The average Bonchev–Trinajstić information content (AvgIpc) is 3.41. The number of carboxylic acids is 1. The number of sulfonamides is 1. The third-order valence-electron chi connectivity index (χ3n) is 7.97. The molecule has 0 bridgehead atoms. The second-order valence-corrected chi connectivity index (χ2v) is 12.8. The van der Waals surface area contributed by atoms with Crippen molar-refractivity contribution < 1.29 is 27.1 Å².